The van der Waals surface area contributed by atoms with Gasteiger partial charge in [0.25, 0.3) is 0 Å². The van der Waals surface area contributed by atoms with Crippen LogP contribution in [0.1, 0.15) is 31.0 Å². The summed E-state index contributed by atoms with van der Waals surface area (Å²) in [5.74, 6) is -0.585. The molecule has 1 atom stereocenters. The number of nitrogens with zero attached hydrogens (tertiary/aromatic N) is 2. The quantitative estimate of drug-likeness (QED) is 0.721. The highest BCUT2D eigenvalue weighted by Gasteiger charge is 2.27. The predicted molar refractivity (Wildman–Crippen MR) is 99.5 cm³/mol. The number of hydrogen-bond acceptors (Lipinski definition) is 4. The summed E-state index contributed by atoms with van der Waals surface area (Å²) in [6.45, 7) is 3.53. The molecule has 0 fully saturated rings. The summed E-state index contributed by atoms with van der Waals surface area (Å²) in [6.07, 6.45) is 3.44. The normalized spacial score (nSPS) is 12.2. The molecule has 0 aliphatic rings. The lowest BCUT2D eigenvalue weighted by Crippen LogP contribution is -2.35. The Bertz CT molecular complexity index is 740. The van der Waals surface area contributed by atoms with Gasteiger partial charge in [0, 0.05) is 24.5 Å². The average Bonchev–Trinajstić information content (AvgIpc) is 2.94. The summed E-state index contributed by atoms with van der Waals surface area (Å²) in [6, 6.07) is 6.60. The molecule has 1 aromatic heterocycles. The maximum absolute atomic E-state index is 12.5. The van der Waals surface area contributed by atoms with E-state index in [1.165, 1.54) is 0 Å². The lowest BCUT2D eigenvalue weighted by molar-refractivity contribution is -0.122. The maximum Gasteiger partial charge on any atom is 0.246 e. The number of carbonyl (C=O) groups excluding carboxylic acids is 2. The number of primary amides is 1. The van der Waals surface area contributed by atoms with Gasteiger partial charge in [0.1, 0.15) is 6.04 Å². The van der Waals surface area contributed by atoms with Crippen molar-refractivity contribution in [3.8, 4) is 0 Å². The number of aromatic nitrogens is 2. The van der Waals surface area contributed by atoms with Crippen molar-refractivity contribution in [1.82, 2.24) is 15.1 Å². The number of benzene rings is 1. The van der Waals surface area contributed by atoms with Crippen LogP contribution in [0.4, 0.5) is 5.69 Å². The van der Waals surface area contributed by atoms with E-state index < -0.39 is 17.4 Å². The van der Waals surface area contributed by atoms with Crippen LogP contribution >= 0.6 is 12.4 Å². The topological polar surface area (TPSA) is 102 Å². The fraction of sp³-hybridized carbons (Fsp3) is 0.353. The maximum atomic E-state index is 12.5. The zero-order chi connectivity index (χ0) is 17.9. The molecular weight excluding hydrogens is 342 g/mol. The van der Waals surface area contributed by atoms with Crippen molar-refractivity contribution >= 4 is 29.9 Å². The van der Waals surface area contributed by atoms with Crippen LogP contribution in [0.5, 0.6) is 0 Å². The molecule has 0 aliphatic heterocycles. The van der Waals surface area contributed by atoms with Gasteiger partial charge in [-0.1, -0.05) is 12.1 Å². The number of halogens is 1. The van der Waals surface area contributed by atoms with E-state index in [1.807, 2.05) is 0 Å². The number of nitrogens with one attached hydrogen (secondary N) is 2. The first-order chi connectivity index (χ1) is 11.3. The molecular formula is C17H24ClN5O2. The molecule has 8 heteroatoms. The lowest BCUT2D eigenvalue weighted by atomic mass is 9.84. The SMILES string of the molecule is CNC(C(=O)Nc1ccc(C(C)(C)C(N)=O)cc1)c1cnn(C)c1.Cl. The molecule has 1 unspecified atom stereocenters. The minimum absolute atomic E-state index is 0. The lowest BCUT2D eigenvalue weighted by Gasteiger charge is -2.21. The Hall–Kier alpha value is -2.38. The highest BCUT2D eigenvalue weighted by Crippen LogP contribution is 2.24. The van der Waals surface area contributed by atoms with Crippen LogP contribution in [0.2, 0.25) is 0 Å². The fourth-order valence-electron chi connectivity index (χ4n) is 2.37. The highest BCUT2D eigenvalue weighted by molar-refractivity contribution is 5.95. The van der Waals surface area contributed by atoms with Crippen molar-refractivity contribution in [2.75, 3.05) is 12.4 Å². The van der Waals surface area contributed by atoms with Crippen LogP contribution in [0.25, 0.3) is 0 Å². The molecule has 136 valence electrons. The van der Waals surface area contributed by atoms with Gasteiger partial charge in [-0.25, -0.2) is 0 Å². The molecule has 7 nitrogen and oxygen atoms in total. The van der Waals surface area contributed by atoms with Gasteiger partial charge in [-0.3, -0.25) is 14.3 Å². The molecule has 0 bridgehead atoms. The smallest absolute Gasteiger partial charge is 0.246 e. The van der Waals surface area contributed by atoms with Gasteiger partial charge in [-0.05, 0) is 38.6 Å². The largest absolute Gasteiger partial charge is 0.369 e. The molecule has 0 aliphatic carbocycles. The molecule has 0 saturated heterocycles. The van der Waals surface area contributed by atoms with Crippen LogP contribution < -0.4 is 16.4 Å². The molecule has 4 N–H and O–H groups in total. The molecule has 2 amide bonds. The Morgan fingerprint density at radius 1 is 1.24 bits per heavy atom. The number of carbonyl (C=O) groups is 2. The monoisotopic (exact) mass is 365 g/mol. The second-order valence-electron chi connectivity index (χ2n) is 6.22. The first-order valence-electron chi connectivity index (χ1n) is 7.63. The Morgan fingerprint density at radius 2 is 1.84 bits per heavy atom. The zero-order valence-corrected chi connectivity index (χ0v) is 15.6. The highest BCUT2D eigenvalue weighted by atomic mass is 35.5. The second kappa shape index (κ2) is 8.13. The van der Waals surface area contributed by atoms with E-state index in [1.54, 1.807) is 69.3 Å². The Balaban J connectivity index is 0.00000312. The molecule has 1 aromatic carbocycles. The number of likely N-dealkylation sites (N-methyl/N-ethyl adjacent to an activating group) is 1. The summed E-state index contributed by atoms with van der Waals surface area (Å²) >= 11 is 0. The van der Waals surface area contributed by atoms with E-state index in [2.05, 4.69) is 15.7 Å². The summed E-state index contributed by atoms with van der Waals surface area (Å²) in [5, 5.41) is 9.91. The third-order valence-corrected chi connectivity index (χ3v) is 4.10. The van der Waals surface area contributed by atoms with Gasteiger partial charge in [0.05, 0.1) is 11.6 Å². The van der Waals surface area contributed by atoms with Crippen molar-refractivity contribution in [3.63, 3.8) is 0 Å². The van der Waals surface area contributed by atoms with Crippen molar-refractivity contribution in [3.05, 3.63) is 47.8 Å². The first kappa shape index (κ1) is 20.7. The number of aryl methyl sites for hydroxylation is 1. The standard InChI is InChI=1S/C17H23N5O2.ClH/c1-17(2,16(18)24)12-5-7-13(8-6-12)21-15(23)14(19-3)11-9-20-22(4)10-11;/h5-10,14,19H,1-4H3,(H2,18,24)(H,21,23);1H. The van der Waals surface area contributed by atoms with E-state index in [4.69, 9.17) is 5.73 Å². The summed E-state index contributed by atoms with van der Waals surface area (Å²) in [4.78, 5) is 24.0. The molecule has 0 radical (unpaired) electrons. The Morgan fingerprint density at radius 3 is 2.28 bits per heavy atom. The molecule has 2 aromatic rings. The number of rotatable bonds is 6. The van der Waals surface area contributed by atoms with Crippen molar-refractivity contribution in [1.29, 1.82) is 0 Å². The van der Waals surface area contributed by atoms with Crippen LogP contribution in [-0.2, 0) is 22.1 Å². The third kappa shape index (κ3) is 4.58. The van der Waals surface area contributed by atoms with Crippen LogP contribution in [0.15, 0.2) is 36.7 Å². The van der Waals surface area contributed by atoms with E-state index in [0.29, 0.717) is 5.69 Å². The van der Waals surface area contributed by atoms with Crippen molar-refractivity contribution in [2.45, 2.75) is 25.3 Å². The van der Waals surface area contributed by atoms with Crippen molar-refractivity contribution in [2.24, 2.45) is 12.8 Å². The van der Waals surface area contributed by atoms with E-state index in [0.717, 1.165) is 11.1 Å². The Labute approximate surface area is 153 Å². The van der Waals surface area contributed by atoms with Gasteiger partial charge in [-0.2, -0.15) is 5.10 Å². The van der Waals surface area contributed by atoms with Crippen LogP contribution in [0, 0.1) is 0 Å². The van der Waals surface area contributed by atoms with Gasteiger partial charge < -0.3 is 16.4 Å². The average molecular weight is 366 g/mol. The van der Waals surface area contributed by atoms with Gasteiger partial charge in [-0.15, -0.1) is 12.4 Å². The number of hydrogen-bond donors (Lipinski definition) is 3. The predicted octanol–water partition coefficient (Wildman–Crippen LogP) is 1.50. The summed E-state index contributed by atoms with van der Waals surface area (Å²) in [5.41, 5.74) is 6.89. The Kier molecular flexibility index (Phi) is 6.72. The van der Waals surface area contributed by atoms with E-state index in [9.17, 15) is 9.59 Å². The second-order valence-corrected chi connectivity index (χ2v) is 6.22. The van der Waals surface area contributed by atoms with Crippen molar-refractivity contribution < 1.29 is 9.59 Å². The molecule has 0 spiro atoms. The van der Waals surface area contributed by atoms with Gasteiger partial charge in [0.2, 0.25) is 11.8 Å². The van der Waals surface area contributed by atoms with Crippen LogP contribution in [-0.4, -0.2) is 28.6 Å². The number of anilines is 1. The minimum atomic E-state index is -0.758. The molecule has 25 heavy (non-hydrogen) atoms. The first-order valence-corrected chi connectivity index (χ1v) is 7.63. The fourth-order valence-corrected chi connectivity index (χ4v) is 2.37. The van der Waals surface area contributed by atoms with Gasteiger partial charge >= 0.3 is 0 Å². The van der Waals surface area contributed by atoms with Crippen LogP contribution in [0.3, 0.4) is 0 Å². The third-order valence-electron chi connectivity index (χ3n) is 4.10. The summed E-state index contributed by atoms with van der Waals surface area (Å²) in [7, 11) is 3.52. The molecule has 1 heterocycles. The molecule has 0 saturated carbocycles. The van der Waals surface area contributed by atoms with E-state index in [-0.39, 0.29) is 18.3 Å². The van der Waals surface area contributed by atoms with E-state index >= 15 is 0 Å². The minimum Gasteiger partial charge on any atom is -0.369 e. The van der Waals surface area contributed by atoms with Gasteiger partial charge in [0.15, 0.2) is 0 Å². The number of nitrogens with two attached hydrogens (primary N) is 1. The zero-order valence-electron chi connectivity index (χ0n) is 14.7. The number of amides is 2. The molecule has 2 rings (SSSR count). The summed E-state index contributed by atoms with van der Waals surface area (Å²) < 4.78 is 1.65.